The van der Waals surface area contributed by atoms with Crippen LogP contribution in [0.4, 0.5) is 0 Å². The molecule has 3 atom stereocenters. The topological polar surface area (TPSA) is 41.1 Å². The van der Waals surface area contributed by atoms with E-state index in [9.17, 15) is 4.79 Å². The molecule has 3 heteroatoms. The van der Waals surface area contributed by atoms with Crippen molar-refractivity contribution in [2.24, 2.45) is 5.92 Å². The second kappa shape index (κ2) is 5.74. The van der Waals surface area contributed by atoms with Gasteiger partial charge >= 0.3 is 0 Å². The maximum absolute atomic E-state index is 12.3. The van der Waals surface area contributed by atoms with E-state index in [0.717, 1.165) is 13.0 Å². The molecule has 0 spiro atoms. The van der Waals surface area contributed by atoms with Gasteiger partial charge < -0.3 is 10.6 Å². The third-order valence-electron chi connectivity index (χ3n) is 4.12. The number of aryl methyl sites for hydroxylation is 2. The van der Waals surface area contributed by atoms with Crippen LogP contribution in [0.3, 0.4) is 0 Å². The summed E-state index contributed by atoms with van der Waals surface area (Å²) in [5.41, 5.74) is 3.68. The Bertz CT molecular complexity index is 470. The maximum atomic E-state index is 12.3. The van der Waals surface area contributed by atoms with Crippen molar-refractivity contribution in [3.05, 3.63) is 34.9 Å². The first-order chi connectivity index (χ1) is 8.99. The Morgan fingerprint density at radius 2 is 2.16 bits per heavy atom. The normalized spacial score (nSPS) is 24.2. The molecule has 3 unspecified atom stereocenters. The summed E-state index contributed by atoms with van der Waals surface area (Å²) >= 11 is 0. The van der Waals surface area contributed by atoms with Gasteiger partial charge in [-0.15, -0.1) is 0 Å². The zero-order valence-electron chi connectivity index (χ0n) is 12.3. The minimum atomic E-state index is 0.0696. The fourth-order valence-electron chi connectivity index (χ4n) is 2.84. The first kappa shape index (κ1) is 14.1. The molecule has 1 amide bonds. The van der Waals surface area contributed by atoms with Crippen LogP contribution in [0.2, 0.25) is 0 Å². The Labute approximate surface area is 115 Å². The van der Waals surface area contributed by atoms with Crippen LogP contribution in [0.1, 0.15) is 43.0 Å². The summed E-state index contributed by atoms with van der Waals surface area (Å²) in [6, 6.07) is 6.74. The van der Waals surface area contributed by atoms with E-state index in [0.29, 0.717) is 0 Å². The summed E-state index contributed by atoms with van der Waals surface area (Å²) in [5.74, 6) is 0.276. The molecular weight excluding hydrogens is 236 g/mol. The van der Waals surface area contributed by atoms with Gasteiger partial charge in [0.25, 0.3) is 0 Å². The fourth-order valence-corrected chi connectivity index (χ4v) is 2.84. The summed E-state index contributed by atoms with van der Waals surface area (Å²) < 4.78 is 0. The smallest absolute Gasteiger partial charge is 0.225 e. The lowest BCUT2D eigenvalue weighted by Gasteiger charge is -2.21. The third kappa shape index (κ3) is 3.16. The van der Waals surface area contributed by atoms with E-state index >= 15 is 0 Å². The van der Waals surface area contributed by atoms with Crippen LogP contribution >= 0.6 is 0 Å². The van der Waals surface area contributed by atoms with Crippen molar-refractivity contribution >= 4 is 5.91 Å². The lowest BCUT2D eigenvalue weighted by atomic mass is 9.97. The van der Waals surface area contributed by atoms with Gasteiger partial charge in [-0.05, 0) is 51.8 Å². The van der Waals surface area contributed by atoms with Gasteiger partial charge in [-0.3, -0.25) is 4.79 Å². The van der Waals surface area contributed by atoms with Crippen molar-refractivity contribution in [3.63, 3.8) is 0 Å². The number of hydrogen-bond donors (Lipinski definition) is 2. The van der Waals surface area contributed by atoms with Crippen molar-refractivity contribution in [1.29, 1.82) is 0 Å². The molecule has 19 heavy (non-hydrogen) atoms. The van der Waals surface area contributed by atoms with Crippen LogP contribution in [0.15, 0.2) is 18.2 Å². The molecule has 0 aromatic heterocycles. The quantitative estimate of drug-likeness (QED) is 0.876. The molecule has 1 fully saturated rings. The highest BCUT2D eigenvalue weighted by atomic mass is 16.2. The van der Waals surface area contributed by atoms with Crippen molar-refractivity contribution < 1.29 is 4.79 Å². The minimum absolute atomic E-state index is 0.0696. The van der Waals surface area contributed by atoms with Crippen LogP contribution in [-0.2, 0) is 4.79 Å². The van der Waals surface area contributed by atoms with Crippen LogP contribution in [-0.4, -0.2) is 18.5 Å². The molecule has 0 aliphatic carbocycles. The zero-order valence-corrected chi connectivity index (χ0v) is 12.3. The molecule has 104 valence electrons. The average molecular weight is 260 g/mol. The van der Waals surface area contributed by atoms with Gasteiger partial charge in [-0.25, -0.2) is 0 Å². The predicted octanol–water partition coefficient (Wildman–Crippen LogP) is 2.48. The SMILES string of the molecule is Cc1ccc(C)c(C(C)NC(=O)C2CCNC2C)c1. The molecule has 1 saturated heterocycles. The van der Waals surface area contributed by atoms with Crippen molar-refractivity contribution in [2.75, 3.05) is 6.54 Å². The predicted molar refractivity (Wildman–Crippen MR) is 78.0 cm³/mol. The van der Waals surface area contributed by atoms with Gasteiger partial charge in [0.05, 0.1) is 12.0 Å². The van der Waals surface area contributed by atoms with E-state index in [2.05, 4.69) is 56.5 Å². The molecular formula is C16H24N2O. The fraction of sp³-hybridized carbons (Fsp3) is 0.562. The average Bonchev–Trinajstić information content (AvgIpc) is 2.78. The summed E-state index contributed by atoms with van der Waals surface area (Å²) in [7, 11) is 0. The summed E-state index contributed by atoms with van der Waals surface area (Å²) in [5, 5.41) is 6.48. The van der Waals surface area contributed by atoms with E-state index in [4.69, 9.17) is 0 Å². The van der Waals surface area contributed by atoms with Crippen LogP contribution in [0.5, 0.6) is 0 Å². The van der Waals surface area contributed by atoms with Gasteiger partial charge in [-0.2, -0.15) is 0 Å². The number of hydrogen-bond acceptors (Lipinski definition) is 2. The van der Waals surface area contributed by atoms with Crippen molar-refractivity contribution in [1.82, 2.24) is 10.6 Å². The Balaban J connectivity index is 2.06. The standard InChI is InChI=1S/C16H24N2O/c1-10-5-6-11(2)15(9-10)13(4)18-16(19)14-7-8-17-12(14)3/h5-6,9,12-14,17H,7-8H2,1-4H3,(H,18,19). The van der Waals surface area contributed by atoms with E-state index in [1.54, 1.807) is 0 Å². The largest absolute Gasteiger partial charge is 0.349 e. The molecule has 1 aromatic carbocycles. The second-order valence-electron chi connectivity index (χ2n) is 5.73. The number of carbonyl (C=O) groups is 1. The second-order valence-corrected chi connectivity index (χ2v) is 5.73. The summed E-state index contributed by atoms with van der Waals surface area (Å²) in [4.78, 5) is 12.3. The summed E-state index contributed by atoms with van der Waals surface area (Å²) in [6.45, 7) is 9.27. The number of amides is 1. The van der Waals surface area contributed by atoms with Crippen LogP contribution in [0, 0.1) is 19.8 Å². The third-order valence-corrected chi connectivity index (χ3v) is 4.12. The number of nitrogens with one attached hydrogen (secondary N) is 2. The van der Waals surface area contributed by atoms with E-state index in [1.807, 2.05) is 0 Å². The molecule has 0 saturated carbocycles. The van der Waals surface area contributed by atoms with Gasteiger partial charge in [-0.1, -0.05) is 23.8 Å². The van der Waals surface area contributed by atoms with Gasteiger partial charge in [0.15, 0.2) is 0 Å². The van der Waals surface area contributed by atoms with Gasteiger partial charge in [0, 0.05) is 6.04 Å². The highest BCUT2D eigenvalue weighted by Gasteiger charge is 2.30. The Morgan fingerprint density at radius 1 is 1.42 bits per heavy atom. The lowest BCUT2D eigenvalue weighted by molar-refractivity contribution is -0.125. The maximum Gasteiger partial charge on any atom is 0.225 e. The number of rotatable bonds is 3. The highest BCUT2D eigenvalue weighted by Crippen LogP contribution is 2.21. The molecule has 2 rings (SSSR count). The van der Waals surface area contributed by atoms with Crippen molar-refractivity contribution in [3.8, 4) is 0 Å². The van der Waals surface area contributed by atoms with Gasteiger partial charge in [0.1, 0.15) is 0 Å². The minimum Gasteiger partial charge on any atom is -0.349 e. The molecule has 1 aliphatic heterocycles. The Kier molecular flexibility index (Phi) is 4.25. The molecule has 1 aliphatic rings. The van der Waals surface area contributed by atoms with Crippen LogP contribution < -0.4 is 10.6 Å². The van der Waals surface area contributed by atoms with Crippen LogP contribution in [0.25, 0.3) is 0 Å². The molecule has 1 aromatic rings. The van der Waals surface area contributed by atoms with E-state index < -0.39 is 0 Å². The molecule has 0 bridgehead atoms. The van der Waals surface area contributed by atoms with E-state index in [-0.39, 0.29) is 23.9 Å². The molecule has 2 N–H and O–H groups in total. The first-order valence-electron chi connectivity index (χ1n) is 7.10. The Morgan fingerprint density at radius 3 is 2.79 bits per heavy atom. The highest BCUT2D eigenvalue weighted by molar-refractivity contribution is 5.80. The number of carbonyl (C=O) groups excluding carboxylic acids is 1. The van der Waals surface area contributed by atoms with Crippen molar-refractivity contribution in [2.45, 2.75) is 46.2 Å². The Hall–Kier alpha value is -1.35. The zero-order chi connectivity index (χ0) is 14.0. The first-order valence-corrected chi connectivity index (χ1v) is 7.10. The molecule has 1 heterocycles. The summed E-state index contributed by atoms with van der Waals surface area (Å²) in [6.07, 6.45) is 0.937. The molecule has 0 radical (unpaired) electrons. The molecule has 3 nitrogen and oxygen atoms in total. The monoisotopic (exact) mass is 260 g/mol. The van der Waals surface area contributed by atoms with E-state index in [1.165, 1.54) is 16.7 Å². The van der Waals surface area contributed by atoms with Gasteiger partial charge in [0.2, 0.25) is 5.91 Å². The lowest BCUT2D eigenvalue weighted by Crippen LogP contribution is -2.38. The number of benzene rings is 1.